The van der Waals surface area contributed by atoms with Crippen molar-refractivity contribution >= 4 is 95.5 Å². The summed E-state index contributed by atoms with van der Waals surface area (Å²) >= 11 is 0. The van der Waals surface area contributed by atoms with Gasteiger partial charge in [0.15, 0.2) is 105 Å². The molecular weight excluding hydrogens is 1980 g/mol. The number of carbonyl (C=O) groups excluding carboxylic acids is 16. The van der Waals surface area contributed by atoms with Gasteiger partial charge in [0.25, 0.3) is 0 Å². The Balaban J connectivity index is 0.949. The minimum atomic E-state index is -1.56. The zero-order chi connectivity index (χ0) is 107. The highest BCUT2D eigenvalue weighted by molar-refractivity contribution is 5.72. The van der Waals surface area contributed by atoms with Gasteiger partial charge in [0.2, 0.25) is 0 Å². The van der Waals surface area contributed by atoms with E-state index in [0.717, 1.165) is 111 Å². The van der Waals surface area contributed by atoms with Crippen LogP contribution in [0.5, 0.6) is 0 Å². The molecule has 0 aromatic carbocycles. The second-order valence-electron chi connectivity index (χ2n) is 33.0. The van der Waals surface area contributed by atoms with Gasteiger partial charge in [-0.3, -0.25) is 76.7 Å². The number of ether oxygens (including phenoxy) is 32. The third-order valence-electron chi connectivity index (χ3n) is 20.9. The van der Waals surface area contributed by atoms with E-state index < -0.39 is 275 Å². The van der Waals surface area contributed by atoms with Crippen LogP contribution in [0.2, 0.25) is 0 Å². The van der Waals surface area contributed by atoms with Crippen molar-refractivity contribution < 1.29 is 228 Å². The Morgan fingerprint density at radius 1 is 0.224 bits per heavy atom. The van der Waals surface area contributed by atoms with Crippen molar-refractivity contribution in [2.45, 2.75) is 317 Å². The van der Waals surface area contributed by atoms with E-state index in [2.05, 4.69) is 41.2 Å². The van der Waals surface area contributed by atoms with E-state index in [-0.39, 0.29) is 135 Å². The van der Waals surface area contributed by atoms with Crippen molar-refractivity contribution in [2.75, 3.05) is 93.0 Å². The number of nitrogens with zero attached hydrogens (tertiary/aromatic N) is 12. The number of methoxy groups -OCH3 is 1. The molecule has 0 N–H and O–H groups in total. The van der Waals surface area contributed by atoms with Gasteiger partial charge < -0.3 is 152 Å². The van der Waals surface area contributed by atoms with Gasteiger partial charge in [-0.05, 0) is 0 Å². The standard InChI is InChI=1S/C87H122N12O48/c1-43(100)123-39-64-69(131-47(5)104)74(135-51(9)108)79(139-55(13)112)84(144-64)121-24-20-98-30-59(88-94-98)34-127-73-68(120-29-28-118-23-19-97-33-62(91-93-97)37-130-87-82(142-58(16)115)77(138-54(12)111)72(134-50(8)107)67(147-87)42-126-46(4)103)63(38-119-27-26-117-22-18-96-32-61(90-92-96)36-129-86-81(141-57(15)114)76(137-53(11)110)71(133-49(7)106)66(146-86)41-125-45(3)102)143-83(116-17)78(73)128-35-60-31-99(95-89-60)21-25-122-85-80(140-56(14)113)75(136-52(10)109)70(132-48(6)105)65(145-85)40-124-44(2)101/h30-33,63-87H,18-29,34-42H2,1-17H3/t63-,64-,65-,66-,67-,68-,69-,70-,71-,72-,73+,74+,75+,76+,77+,78-,79+,80+,81-,82-,83+,84+,85+,86-,87-/m1/s1. The van der Waals surface area contributed by atoms with Crippen LogP contribution in [0.1, 0.15) is 134 Å². The van der Waals surface area contributed by atoms with Crippen molar-refractivity contribution in [3.8, 4) is 0 Å². The van der Waals surface area contributed by atoms with Crippen LogP contribution in [-0.2, 0) is 281 Å². The molecule has 5 fully saturated rings. The van der Waals surface area contributed by atoms with Gasteiger partial charge in [-0.25, -0.2) is 18.7 Å². The first-order valence-electron chi connectivity index (χ1n) is 46.0. The lowest BCUT2D eigenvalue weighted by atomic mass is 9.98. The molecule has 0 amide bonds. The predicted molar refractivity (Wildman–Crippen MR) is 464 cm³/mol. The first-order valence-corrected chi connectivity index (χ1v) is 46.0. The number of carbonyl (C=O) groups is 16. The molecule has 9 heterocycles. The number of esters is 16. The fraction of sp³-hybridized carbons (Fsp3) is 0.724. The third kappa shape index (κ3) is 38.6. The van der Waals surface area contributed by atoms with E-state index in [4.69, 9.17) is 152 Å². The van der Waals surface area contributed by atoms with Crippen LogP contribution in [0, 0.1) is 0 Å². The highest BCUT2D eigenvalue weighted by atomic mass is 16.8. The van der Waals surface area contributed by atoms with E-state index in [9.17, 15) is 76.7 Å². The van der Waals surface area contributed by atoms with E-state index in [1.54, 1.807) is 0 Å². The second kappa shape index (κ2) is 58.8. The molecule has 0 saturated carbocycles. The molecule has 0 radical (unpaired) electrons. The van der Waals surface area contributed by atoms with Crippen LogP contribution in [0.15, 0.2) is 24.8 Å². The van der Waals surface area contributed by atoms with Crippen LogP contribution in [-0.4, -0.2) is 402 Å². The topological polar surface area (TPSA) is 691 Å². The summed E-state index contributed by atoms with van der Waals surface area (Å²) in [6.45, 7) is 12.5. The van der Waals surface area contributed by atoms with Crippen molar-refractivity contribution in [1.82, 2.24) is 60.0 Å². The monoisotopic (exact) mass is 2100 g/mol. The van der Waals surface area contributed by atoms with Gasteiger partial charge in [0.1, 0.15) is 98.0 Å². The van der Waals surface area contributed by atoms with E-state index in [0.29, 0.717) is 0 Å². The zero-order valence-corrected chi connectivity index (χ0v) is 83.6. The Kier molecular flexibility index (Phi) is 47.2. The summed E-state index contributed by atoms with van der Waals surface area (Å²) in [6, 6.07) is 0. The molecule has 0 spiro atoms. The molecule has 25 atom stereocenters. The first kappa shape index (κ1) is 118. The van der Waals surface area contributed by atoms with Gasteiger partial charge >= 0.3 is 95.5 Å². The molecule has 0 aliphatic carbocycles. The maximum atomic E-state index is 12.7. The van der Waals surface area contributed by atoms with Gasteiger partial charge in [0.05, 0.1) is 137 Å². The number of hydrogen-bond donors (Lipinski definition) is 0. The smallest absolute Gasteiger partial charge is 0.303 e. The summed E-state index contributed by atoms with van der Waals surface area (Å²) in [4.78, 5) is 198. The van der Waals surface area contributed by atoms with Crippen molar-refractivity contribution in [1.29, 1.82) is 0 Å². The molecule has 4 aromatic heterocycles. The largest absolute Gasteiger partial charge is 0.463 e. The maximum absolute atomic E-state index is 12.7. The lowest BCUT2D eigenvalue weighted by molar-refractivity contribution is -0.322. The maximum Gasteiger partial charge on any atom is 0.303 e. The second-order valence-corrected chi connectivity index (χ2v) is 33.0. The molecule has 9 rings (SSSR count). The Bertz CT molecular complexity index is 5010. The Labute approximate surface area is 838 Å². The average Bonchev–Trinajstić information content (AvgIpc) is 1.03. The highest BCUT2D eigenvalue weighted by Gasteiger charge is 2.58. The fourth-order valence-electron chi connectivity index (χ4n) is 15.4. The average molecular weight is 2100 g/mol. The Hall–Kier alpha value is -12.6. The van der Waals surface area contributed by atoms with Crippen molar-refractivity contribution in [3.05, 3.63) is 47.6 Å². The minimum absolute atomic E-state index is 0.0280. The lowest BCUT2D eigenvalue weighted by Crippen LogP contribution is -2.63. The first-order chi connectivity index (χ1) is 70.0. The van der Waals surface area contributed by atoms with Gasteiger partial charge in [-0.1, -0.05) is 20.9 Å². The number of hydrogen-bond acceptors (Lipinski definition) is 56. The Morgan fingerprint density at radius 3 is 0.735 bits per heavy atom. The molecule has 60 heteroatoms. The summed E-state index contributed by atoms with van der Waals surface area (Å²) in [5, 5.41) is 33.9. The molecule has 4 aromatic rings. The molecule has 147 heavy (non-hydrogen) atoms. The summed E-state index contributed by atoms with van der Waals surface area (Å²) in [6.07, 6.45) is -29.7. The van der Waals surface area contributed by atoms with Crippen LogP contribution < -0.4 is 0 Å². The molecule has 5 saturated heterocycles. The van der Waals surface area contributed by atoms with Crippen molar-refractivity contribution in [2.24, 2.45) is 0 Å². The zero-order valence-electron chi connectivity index (χ0n) is 83.6. The minimum Gasteiger partial charge on any atom is -0.463 e. The Morgan fingerprint density at radius 2 is 0.456 bits per heavy atom. The summed E-state index contributed by atoms with van der Waals surface area (Å²) in [7, 11) is 1.33. The normalized spacial score (nSPS) is 26.8. The van der Waals surface area contributed by atoms with E-state index in [1.165, 1.54) is 50.6 Å². The quantitative estimate of drug-likeness (QED) is 0.0243. The lowest BCUT2D eigenvalue weighted by Gasteiger charge is -2.45. The highest BCUT2D eigenvalue weighted by Crippen LogP contribution is 2.37. The van der Waals surface area contributed by atoms with Crippen LogP contribution in [0.4, 0.5) is 0 Å². The number of aromatic nitrogens is 12. The fourth-order valence-corrected chi connectivity index (χ4v) is 15.4. The third-order valence-corrected chi connectivity index (χ3v) is 20.9. The van der Waals surface area contributed by atoms with Gasteiger partial charge in [0, 0.05) is 118 Å². The summed E-state index contributed by atoms with van der Waals surface area (Å²) < 4.78 is 193. The van der Waals surface area contributed by atoms with E-state index >= 15 is 0 Å². The molecule has 5 aliphatic rings. The molecule has 0 unspecified atom stereocenters. The van der Waals surface area contributed by atoms with Gasteiger partial charge in [-0.15, -0.1) is 20.4 Å². The summed E-state index contributed by atoms with van der Waals surface area (Å²) in [5.41, 5.74) is 0.803. The predicted octanol–water partition coefficient (Wildman–Crippen LogP) is -2.87. The molecule has 818 valence electrons. The van der Waals surface area contributed by atoms with Crippen molar-refractivity contribution in [3.63, 3.8) is 0 Å². The van der Waals surface area contributed by atoms with Crippen LogP contribution in [0.3, 0.4) is 0 Å². The number of rotatable bonds is 56. The molecule has 5 aliphatic heterocycles. The van der Waals surface area contributed by atoms with E-state index in [1.807, 2.05) is 0 Å². The van der Waals surface area contributed by atoms with Crippen LogP contribution >= 0.6 is 0 Å². The molecular formula is C87H122N12O48. The molecule has 0 bridgehead atoms. The summed E-state index contributed by atoms with van der Waals surface area (Å²) in [5.74, 6) is -13.2. The van der Waals surface area contributed by atoms with Gasteiger partial charge in [-0.2, -0.15) is 0 Å². The van der Waals surface area contributed by atoms with Crippen LogP contribution in [0.25, 0.3) is 0 Å². The molecule has 60 nitrogen and oxygen atoms in total. The SMILES string of the molecule is CO[C@H]1O[C@H](COCCOCCn2cc(CO[C@@H]3O[C@H](COC(C)=O)[C@@H](OC(C)=O)[C@H](OC(C)=O)[C@H]3OC(C)=O)nn2)[C@@H](OCCOCCn2cc(CO[C@@H]3O[C@H](COC(C)=O)[C@@H](OC(C)=O)[C@H](OC(C)=O)[C@H]3OC(C)=O)nn2)[C@H](OCc2cn(CCO[C@H]3O[C@H](COC(C)=O)[C@@H](OC(C)=O)[C@H](OC(C)=O)[C@@H]3OC(C)=O)nn2)[C@H]1OCc1cn(CCO[C@H]2O[C@H](COC(C)=O)[C@@H](OC(C)=O)[C@H](OC(C)=O)[C@@H]2OC(C)=O)nn1.